The van der Waals surface area contributed by atoms with Crippen LogP contribution in [0.15, 0.2) is 70.1 Å². The number of hydrogen-bond donors (Lipinski definition) is 3. The number of amides is 1. The minimum absolute atomic E-state index is 0.0526. The van der Waals surface area contributed by atoms with Gasteiger partial charge in [-0.2, -0.15) is 4.31 Å². The third kappa shape index (κ3) is 4.64. The van der Waals surface area contributed by atoms with Crippen LogP contribution in [0.3, 0.4) is 0 Å². The smallest absolute Gasteiger partial charge is 0.258 e. The van der Waals surface area contributed by atoms with Crippen LogP contribution in [0.4, 0.5) is 14.5 Å². The van der Waals surface area contributed by atoms with Gasteiger partial charge in [0.25, 0.3) is 15.9 Å². The number of furan rings is 1. The van der Waals surface area contributed by atoms with E-state index in [1.54, 1.807) is 37.4 Å². The minimum atomic E-state index is -3.93. The van der Waals surface area contributed by atoms with E-state index in [1.165, 1.54) is 35.6 Å². The molecule has 1 saturated heterocycles. The zero-order valence-electron chi connectivity index (χ0n) is 22.4. The Kier molecular flexibility index (Phi) is 6.79. The van der Waals surface area contributed by atoms with E-state index in [2.05, 4.69) is 15.6 Å². The van der Waals surface area contributed by atoms with Crippen molar-refractivity contribution in [1.29, 1.82) is 0 Å². The number of sulfonamides is 1. The molecule has 6 rings (SSSR count). The van der Waals surface area contributed by atoms with Gasteiger partial charge in [0.2, 0.25) is 0 Å². The molecule has 0 saturated carbocycles. The second-order valence-corrected chi connectivity index (χ2v) is 12.0. The molecule has 41 heavy (non-hydrogen) atoms. The molecule has 2 aromatic heterocycles. The number of aromatic nitrogens is 1. The number of carbonyl (C=O) groups is 1. The number of rotatable bonds is 6. The summed E-state index contributed by atoms with van der Waals surface area (Å²) < 4.78 is 62.7. The topological polar surface area (TPSA) is 107 Å². The highest BCUT2D eigenvalue weighted by atomic mass is 32.2. The van der Waals surface area contributed by atoms with Crippen LogP contribution in [-0.4, -0.2) is 50.8 Å². The van der Waals surface area contributed by atoms with Crippen molar-refractivity contribution in [2.24, 2.45) is 0 Å². The maximum atomic E-state index is 14.3. The van der Waals surface area contributed by atoms with Crippen molar-refractivity contribution in [1.82, 2.24) is 14.6 Å². The quantitative estimate of drug-likeness (QED) is 0.235. The normalized spacial score (nSPS) is 16.3. The van der Waals surface area contributed by atoms with Gasteiger partial charge >= 0.3 is 0 Å². The molecule has 1 fully saturated rings. The molecule has 1 amide bonds. The molecule has 3 aromatic carbocycles. The van der Waals surface area contributed by atoms with Crippen LogP contribution < -0.4 is 10.6 Å². The van der Waals surface area contributed by atoms with E-state index in [9.17, 15) is 22.0 Å². The number of aromatic amines is 1. The lowest BCUT2D eigenvalue weighted by Crippen LogP contribution is -2.39. The number of nitrogens with zero attached hydrogens (tertiary/aromatic N) is 1. The van der Waals surface area contributed by atoms with Gasteiger partial charge in [-0.1, -0.05) is 12.1 Å². The molecule has 3 heterocycles. The summed E-state index contributed by atoms with van der Waals surface area (Å²) in [6.07, 6.45) is 1.35. The van der Waals surface area contributed by atoms with Gasteiger partial charge < -0.3 is 20.0 Å². The van der Waals surface area contributed by atoms with Crippen molar-refractivity contribution in [3.05, 3.63) is 83.4 Å². The molecule has 1 atom stereocenters. The van der Waals surface area contributed by atoms with Crippen LogP contribution in [0.25, 0.3) is 33.2 Å². The molecular formula is C30H28F2N4O4S. The molecule has 0 spiro atoms. The summed E-state index contributed by atoms with van der Waals surface area (Å²) in [5.41, 5.74) is 3.09. The molecule has 0 bridgehead atoms. The molecule has 3 N–H and O–H groups in total. The number of anilines is 1. The van der Waals surface area contributed by atoms with Crippen LogP contribution in [0, 0.1) is 11.6 Å². The largest absolute Gasteiger partial charge is 0.455 e. The Morgan fingerprint density at radius 1 is 1.07 bits per heavy atom. The Hall–Kier alpha value is -4.22. The number of piperidine rings is 1. The highest BCUT2D eigenvalue weighted by Crippen LogP contribution is 2.41. The zero-order valence-corrected chi connectivity index (χ0v) is 23.2. The third-order valence-electron chi connectivity index (χ3n) is 7.71. The fourth-order valence-electron chi connectivity index (χ4n) is 5.66. The molecule has 0 radical (unpaired) electrons. The Morgan fingerprint density at radius 3 is 2.56 bits per heavy atom. The van der Waals surface area contributed by atoms with Gasteiger partial charge in [-0.3, -0.25) is 4.79 Å². The van der Waals surface area contributed by atoms with E-state index < -0.39 is 21.7 Å². The number of para-hydroxylation sites is 1. The number of fused-ring (bicyclic) bond motifs is 2. The van der Waals surface area contributed by atoms with Crippen molar-refractivity contribution in [2.45, 2.75) is 23.8 Å². The lowest BCUT2D eigenvalue weighted by Gasteiger charge is -2.32. The summed E-state index contributed by atoms with van der Waals surface area (Å²) in [5.74, 6) is -1.14. The molecule has 212 valence electrons. The van der Waals surface area contributed by atoms with Crippen LogP contribution in [0.5, 0.6) is 0 Å². The summed E-state index contributed by atoms with van der Waals surface area (Å²) in [4.78, 5) is 15.8. The van der Waals surface area contributed by atoms with Crippen LogP contribution in [-0.2, 0) is 10.0 Å². The lowest BCUT2D eigenvalue weighted by molar-refractivity contribution is 0.0964. The van der Waals surface area contributed by atoms with Crippen molar-refractivity contribution in [3.63, 3.8) is 0 Å². The number of hydrogen-bond acceptors (Lipinski definition) is 5. The average Bonchev–Trinajstić information content (AvgIpc) is 3.60. The van der Waals surface area contributed by atoms with E-state index in [-0.39, 0.29) is 28.9 Å². The van der Waals surface area contributed by atoms with Gasteiger partial charge in [0.1, 0.15) is 28.0 Å². The van der Waals surface area contributed by atoms with E-state index in [0.29, 0.717) is 46.2 Å². The number of benzene rings is 3. The van der Waals surface area contributed by atoms with Crippen LogP contribution >= 0.6 is 0 Å². The van der Waals surface area contributed by atoms with E-state index >= 15 is 0 Å². The highest BCUT2D eigenvalue weighted by Gasteiger charge is 2.34. The van der Waals surface area contributed by atoms with E-state index in [4.69, 9.17) is 4.42 Å². The Balaban J connectivity index is 1.41. The summed E-state index contributed by atoms with van der Waals surface area (Å²) in [5, 5.41) is 6.86. The maximum absolute atomic E-state index is 14.3. The van der Waals surface area contributed by atoms with Gasteiger partial charge in [0, 0.05) is 55.3 Å². The lowest BCUT2D eigenvalue weighted by atomic mass is 9.89. The summed E-state index contributed by atoms with van der Waals surface area (Å²) in [7, 11) is -0.633. The second-order valence-electron chi connectivity index (χ2n) is 10.1. The van der Waals surface area contributed by atoms with Crippen molar-refractivity contribution < 1.29 is 26.4 Å². The minimum Gasteiger partial charge on any atom is -0.455 e. The highest BCUT2D eigenvalue weighted by molar-refractivity contribution is 7.89. The first-order valence-electron chi connectivity index (χ1n) is 13.2. The molecule has 0 aliphatic carbocycles. The number of H-pyrrole nitrogens is 1. The molecule has 0 unspecified atom stereocenters. The zero-order chi connectivity index (χ0) is 28.9. The molecule has 1 aliphatic heterocycles. The fourth-order valence-corrected chi connectivity index (χ4v) is 7.19. The molecule has 8 nitrogen and oxygen atoms in total. The summed E-state index contributed by atoms with van der Waals surface area (Å²) in [6, 6.07) is 15.3. The fraction of sp³-hybridized carbons (Fsp3) is 0.233. The van der Waals surface area contributed by atoms with Crippen molar-refractivity contribution in [2.75, 3.05) is 32.5 Å². The first-order valence-corrected chi connectivity index (χ1v) is 14.7. The number of carbonyl (C=O) groups excluding carboxylic acids is 1. The monoisotopic (exact) mass is 578 g/mol. The predicted molar refractivity (Wildman–Crippen MR) is 154 cm³/mol. The first kappa shape index (κ1) is 27.0. The van der Waals surface area contributed by atoms with Gasteiger partial charge in [0.05, 0.1) is 11.1 Å². The van der Waals surface area contributed by atoms with Crippen molar-refractivity contribution in [3.8, 4) is 11.3 Å². The molecule has 1 aliphatic rings. The number of halogens is 2. The number of nitrogens with one attached hydrogen (secondary N) is 3. The third-order valence-corrected chi connectivity index (χ3v) is 9.50. The molecule has 5 aromatic rings. The predicted octanol–water partition coefficient (Wildman–Crippen LogP) is 5.83. The standard InChI is InChI=1S/C30H28F2N4O4S/c1-33-24-15-25-22(27(30(37)34-2)29(40-25)17-8-10-20(31)11-9-17)14-21(24)19-6-4-12-36(16-19)41(38,39)26-13-18-5-3-7-23(32)28(18)35-26/h3,5,7-11,13-15,19,33,35H,4,6,12,16H2,1-2H3,(H,34,37)/t19-/m1/s1. The Labute approximate surface area is 235 Å². The van der Waals surface area contributed by atoms with Gasteiger partial charge in [-0.15, -0.1) is 0 Å². The van der Waals surface area contributed by atoms with E-state index in [1.807, 2.05) is 6.07 Å². The van der Waals surface area contributed by atoms with E-state index in [0.717, 1.165) is 17.7 Å². The summed E-state index contributed by atoms with van der Waals surface area (Å²) >= 11 is 0. The molecule has 11 heteroatoms. The van der Waals surface area contributed by atoms with Gasteiger partial charge in [-0.25, -0.2) is 17.2 Å². The van der Waals surface area contributed by atoms with Crippen LogP contribution in [0.2, 0.25) is 0 Å². The molecular weight excluding hydrogens is 550 g/mol. The maximum Gasteiger partial charge on any atom is 0.258 e. The first-order chi connectivity index (χ1) is 19.7. The summed E-state index contributed by atoms with van der Waals surface area (Å²) in [6.45, 7) is 0.538. The van der Waals surface area contributed by atoms with Gasteiger partial charge in [0.15, 0.2) is 0 Å². The van der Waals surface area contributed by atoms with Crippen LogP contribution in [0.1, 0.15) is 34.7 Å². The Morgan fingerprint density at radius 2 is 1.85 bits per heavy atom. The second kappa shape index (κ2) is 10.3. The average molecular weight is 579 g/mol. The SMILES string of the molecule is CNC(=O)c1c(-c2ccc(F)cc2)oc2cc(NC)c([C@@H]3CCCN(S(=O)(=O)c4cc5cccc(F)c5[nH]4)C3)cc12. The Bertz CT molecular complexity index is 1900. The van der Waals surface area contributed by atoms with Crippen molar-refractivity contribution >= 4 is 43.5 Å². The van der Waals surface area contributed by atoms with Gasteiger partial charge in [-0.05, 0) is 66.8 Å².